The molecule has 2 amide bonds. The van der Waals surface area contributed by atoms with Crippen LogP contribution < -0.4 is 5.32 Å². The second kappa shape index (κ2) is 12.0. The Morgan fingerprint density at radius 2 is 1.61 bits per heavy atom. The molecule has 0 aliphatic rings. The van der Waals surface area contributed by atoms with Crippen molar-refractivity contribution < 1.29 is 14.0 Å². The Morgan fingerprint density at radius 1 is 0.909 bits per heavy atom. The fourth-order valence-corrected chi connectivity index (χ4v) is 3.80. The van der Waals surface area contributed by atoms with Gasteiger partial charge in [0.05, 0.1) is 6.42 Å². The smallest absolute Gasteiger partial charge is 0.243 e. The summed E-state index contributed by atoms with van der Waals surface area (Å²) in [6, 6.07) is 22.9. The Bertz CT molecular complexity index is 1050. The maximum absolute atomic E-state index is 13.6. The van der Waals surface area contributed by atoms with E-state index < -0.39 is 6.04 Å². The highest BCUT2D eigenvalue weighted by atomic mass is 19.1. The lowest BCUT2D eigenvalue weighted by molar-refractivity contribution is -0.140. The number of rotatable bonds is 10. The van der Waals surface area contributed by atoms with Crippen LogP contribution >= 0.6 is 0 Å². The lowest BCUT2D eigenvalue weighted by Crippen LogP contribution is -2.51. The molecule has 0 spiro atoms. The van der Waals surface area contributed by atoms with E-state index in [9.17, 15) is 14.0 Å². The van der Waals surface area contributed by atoms with Gasteiger partial charge < -0.3 is 10.2 Å². The molecular formula is C28H31FN2O2. The number of hydrogen-bond donors (Lipinski definition) is 1. The molecule has 1 atom stereocenters. The molecule has 0 heterocycles. The first-order chi connectivity index (χ1) is 16.0. The Morgan fingerprint density at radius 3 is 2.27 bits per heavy atom. The van der Waals surface area contributed by atoms with E-state index in [0.29, 0.717) is 13.0 Å². The second-order valence-electron chi connectivity index (χ2n) is 8.31. The number of hydrogen-bond acceptors (Lipinski definition) is 2. The molecule has 172 valence electrons. The quantitative estimate of drug-likeness (QED) is 0.484. The fourth-order valence-electron chi connectivity index (χ4n) is 3.80. The number of halogens is 1. The molecule has 0 aromatic heterocycles. The molecule has 0 aliphatic carbocycles. The standard InChI is InChI=1S/C28H31FN2O2/c1-3-16-30-28(33)26(18-22-9-5-4-6-10-22)31(20-23-12-14-25(29)15-13-23)27(32)19-24-11-7-8-21(2)17-24/h4-15,17,26H,3,16,18-20H2,1-2H3,(H,30,33)/t26-/m0/s1. The van der Waals surface area contributed by atoms with Gasteiger partial charge in [-0.3, -0.25) is 9.59 Å². The summed E-state index contributed by atoms with van der Waals surface area (Å²) in [6.07, 6.45) is 1.39. The third kappa shape index (κ3) is 7.28. The van der Waals surface area contributed by atoms with Gasteiger partial charge in [0, 0.05) is 19.5 Å². The molecule has 5 heteroatoms. The molecule has 3 aromatic rings. The first-order valence-electron chi connectivity index (χ1n) is 11.4. The lowest BCUT2D eigenvalue weighted by Gasteiger charge is -2.31. The molecule has 0 fully saturated rings. The Labute approximate surface area is 195 Å². The summed E-state index contributed by atoms with van der Waals surface area (Å²) in [6.45, 7) is 4.74. The first-order valence-corrected chi connectivity index (χ1v) is 11.4. The van der Waals surface area contributed by atoms with Crippen LogP contribution in [0.3, 0.4) is 0 Å². The molecule has 0 unspecified atom stereocenters. The van der Waals surface area contributed by atoms with Crippen LogP contribution in [0.5, 0.6) is 0 Å². The van der Waals surface area contributed by atoms with E-state index in [2.05, 4.69) is 5.32 Å². The van der Waals surface area contributed by atoms with E-state index >= 15 is 0 Å². The molecule has 0 bridgehead atoms. The predicted octanol–water partition coefficient (Wildman–Crippen LogP) is 4.84. The minimum Gasteiger partial charge on any atom is -0.354 e. The molecule has 0 saturated carbocycles. The zero-order valence-corrected chi connectivity index (χ0v) is 19.3. The predicted molar refractivity (Wildman–Crippen MR) is 129 cm³/mol. The third-order valence-electron chi connectivity index (χ3n) is 5.52. The molecule has 3 aromatic carbocycles. The molecular weight excluding hydrogens is 415 g/mol. The number of nitrogens with one attached hydrogen (secondary N) is 1. The van der Waals surface area contributed by atoms with E-state index in [0.717, 1.165) is 28.7 Å². The molecule has 4 nitrogen and oxygen atoms in total. The summed E-state index contributed by atoms with van der Waals surface area (Å²) in [4.78, 5) is 28.4. The van der Waals surface area contributed by atoms with E-state index in [-0.39, 0.29) is 30.6 Å². The highest BCUT2D eigenvalue weighted by Gasteiger charge is 2.30. The second-order valence-corrected chi connectivity index (χ2v) is 8.31. The summed E-state index contributed by atoms with van der Waals surface area (Å²) < 4.78 is 13.5. The first kappa shape index (κ1) is 24.2. The van der Waals surface area contributed by atoms with Crippen molar-refractivity contribution in [2.45, 2.75) is 45.7 Å². The number of carbonyl (C=O) groups is 2. The summed E-state index contributed by atoms with van der Waals surface area (Å²) in [5.74, 6) is -0.657. The van der Waals surface area contributed by atoms with E-state index in [1.165, 1.54) is 12.1 Å². The highest BCUT2D eigenvalue weighted by molar-refractivity contribution is 5.88. The minimum absolute atomic E-state index is 0.141. The van der Waals surface area contributed by atoms with E-state index in [4.69, 9.17) is 0 Å². The van der Waals surface area contributed by atoms with Gasteiger partial charge in [-0.05, 0) is 42.2 Å². The van der Waals surface area contributed by atoms with Crippen LogP contribution in [-0.2, 0) is 29.0 Å². The van der Waals surface area contributed by atoms with Crippen LogP contribution in [0, 0.1) is 12.7 Å². The maximum atomic E-state index is 13.6. The van der Waals surface area contributed by atoms with Crippen LogP contribution in [0.2, 0.25) is 0 Å². The van der Waals surface area contributed by atoms with Crippen LogP contribution in [0.4, 0.5) is 4.39 Å². The van der Waals surface area contributed by atoms with E-state index in [1.807, 2.05) is 68.4 Å². The summed E-state index contributed by atoms with van der Waals surface area (Å²) in [5.41, 5.74) is 3.72. The van der Waals surface area contributed by atoms with Gasteiger partial charge in [0.1, 0.15) is 11.9 Å². The van der Waals surface area contributed by atoms with Crippen molar-refractivity contribution in [2.75, 3.05) is 6.54 Å². The van der Waals surface area contributed by atoms with Gasteiger partial charge in [0.15, 0.2) is 0 Å². The van der Waals surface area contributed by atoms with Crippen molar-refractivity contribution in [3.8, 4) is 0 Å². The Hall–Kier alpha value is -3.47. The molecule has 33 heavy (non-hydrogen) atoms. The average Bonchev–Trinajstić information content (AvgIpc) is 2.81. The largest absolute Gasteiger partial charge is 0.354 e. The van der Waals surface area contributed by atoms with Gasteiger partial charge in [0.25, 0.3) is 0 Å². The van der Waals surface area contributed by atoms with Gasteiger partial charge in [-0.1, -0.05) is 79.2 Å². The van der Waals surface area contributed by atoms with Crippen molar-refractivity contribution in [3.05, 3.63) is 107 Å². The Kier molecular flexibility index (Phi) is 8.76. The molecule has 3 rings (SSSR count). The van der Waals surface area contributed by atoms with Crippen LogP contribution in [0.15, 0.2) is 78.9 Å². The normalized spacial score (nSPS) is 11.6. The van der Waals surface area contributed by atoms with Crippen molar-refractivity contribution in [2.24, 2.45) is 0 Å². The number of benzene rings is 3. The maximum Gasteiger partial charge on any atom is 0.243 e. The minimum atomic E-state index is -0.679. The SMILES string of the molecule is CCCNC(=O)[C@H](Cc1ccccc1)N(Cc1ccc(F)cc1)C(=O)Cc1cccc(C)c1. The third-order valence-corrected chi connectivity index (χ3v) is 5.52. The topological polar surface area (TPSA) is 49.4 Å². The van der Waals surface area contributed by atoms with Crippen LogP contribution in [0.1, 0.15) is 35.6 Å². The number of aryl methyl sites for hydroxylation is 1. The number of amides is 2. The van der Waals surface area contributed by atoms with Crippen LogP contribution in [0.25, 0.3) is 0 Å². The summed E-state index contributed by atoms with van der Waals surface area (Å²) >= 11 is 0. The van der Waals surface area contributed by atoms with Gasteiger partial charge >= 0.3 is 0 Å². The van der Waals surface area contributed by atoms with E-state index in [1.54, 1.807) is 17.0 Å². The van der Waals surface area contributed by atoms with Crippen molar-refractivity contribution in [3.63, 3.8) is 0 Å². The zero-order valence-electron chi connectivity index (χ0n) is 19.3. The van der Waals surface area contributed by atoms with Crippen molar-refractivity contribution in [1.29, 1.82) is 0 Å². The van der Waals surface area contributed by atoms with Gasteiger partial charge in [0.2, 0.25) is 11.8 Å². The van der Waals surface area contributed by atoms with Gasteiger partial charge in [-0.25, -0.2) is 4.39 Å². The number of carbonyl (C=O) groups excluding carboxylic acids is 2. The van der Waals surface area contributed by atoms with Crippen LogP contribution in [-0.4, -0.2) is 29.3 Å². The lowest BCUT2D eigenvalue weighted by atomic mass is 10.0. The molecule has 1 N–H and O–H groups in total. The molecule has 0 saturated heterocycles. The summed E-state index contributed by atoms with van der Waals surface area (Å²) in [7, 11) is 0. The summed E-state index contributed by atoms with van der Waals surface area (Å²) in [5, 5.41) is 2.96. The fraction of sp³-hybridized carbons (Fsp3) is 0.286. The van der Waals surface area contributed by atoms with Crippen molar-refractivity contribution in [1.82, 2.24) is 10.2 Å². The zero-order chi connectivity index (χ0) is 23.6. The number of nitrogens with zero attached hydrogens (tertiary/aromatic N) is 1. The highest BCUT2D eigenvalue weighted by Crippen LogP contribution is 2.17. The molecule has 0 radical (unpaired) electrons. The Balaban J connectivity index is 1.94. The molecule has 0 aliphatic heterocycles. The van der Waals surface area contributed by atoms with Crippen molar-refractivity contribution >= 4 is 11.8 Å². The monoisotopic (exact) mass is 446 g/mol. The average molecular weight is 447 g/mol. The van der Waals surface area contributed by atoms with Gasteiger partial charge in [-0.15, -0.1) is 0 Å². The van der Waals surface area contributed by atoms with Gasteiger partial charge in [-0.2, -0.15) is 0 Å².